The van der Waals surface area contributed by atoms with Crippen LogP contribution in [0, 0.1) is 5.92 Å². The Morgan fingerprint density at radius 2 is 1.67 bits per heavy atom. The van der Waals surface area contributed by atoms with Gasteiger partial charge in [-0.3, -0.25) is 0 Å². The van der Waals surface area contributed by atoms with Crippen LogP contribution < -0.4 is 15.2 Å². The largest absolute Gasteiger partial charge is 0.490 e. The number of rotatable bonds is 10. The van der Waals surface area contributed by atoms with Crippen molar-refractivity contribution in [2.45, 2.75) is 59.4 Å². The van der Waals surface area contributed by atoms with Gasteiger partial charge in [-0.2, -0.15) is 0 Å². The van der Waals surface area contributed by atoms with Gasteiger partial charge in [0.15, 0.2) is 11.5 Å². The minimum atomic E-state index is 0.204. The molecule has 0 aliphatic carbocycles. The molecule has 21 heavy (non-hydrogen) atoms. The van der Waals surface area contributed by atoms with Crippen LogP contribution in [0.4, 0.5) is 0 Å². The lowest BCUT2D eigenvalue weighted by molar-refractivity contribution is 0.225. The van der Waals surface area contributed by atoms with Gasteiger partial charge < -0.3 is 15.2 Å². The molecular formula is C18H31NO2. The van der Waals surface area contributed by atoms with Crippen molar-refractivity contribution in [2.75, 3.05) is 13.2 Å². The van der Waals surface area contributed by atoms with Crippen LogP contribution >= 0.6 is 0 Å². The highest BCUT2D eigenvalue weighted by molar-refractivity contribution is 5.43. The van der Waals surface area contributed by atoms with Crippen molar-refractivity contribution in [1.82, 2.24) is 0 Å². The lowest BCUT2D eigenvalue weighted by Gasteiger charge is -2.17. The van der Waals surface area contributed by atoms with Crippen LogP contribution in [0.5, 0.6) is 11.5 Å². The number of hydrogen-bond acceptors (Lipinski definition) is 3. The summed E-state index contributed by atoms with van der Waals surface area (Å²) in [6, 6.07) is 6.39. The van der Waals surface area contributed by atoms with Gasteiger partial charge in [0.1, 0.15) is 0 Å². The fraction of sp³-hybridized carbons (Fsp3) is 0.667. The van der Waals surface area contributed by atoms with Crippen molar-refractivity contribution in [1.29, 1.82) is 0 Å². The van der Waals surface area contributed by atoms with Gasteiger partial charge in [-0.05, 0) is 43.4 Å². The van der Waals surface area contributed by atoms with E-state index in [1.807, 2.05) is 13.0 Å². The molecule has 0 amide bonds. The van der Waals surface area contributed by atoms with E-state index in [0.717, 1.165) is 43.8 Å². The summed E-state index contributed by atoms with van der Waals surface area (Å²) in [5.74, 6) is 2.29. The molecule has 0 aliphatic heterocycles. The zero-order valence-corrected chi connectivity index (χ0v) is 14.0. The molecule has 3 nitrogen and oxygen atoms in total. The summed E-state index contributed by atoms with van der Waals surface area (Å²) in [6.07, 6.45) is 4.15. The lowest BCUT2D eigenvalue weighted by atomic mass is 10.0. The second-order valence-electron chi connectivity index (χ2n) is 5.58. The van der Waals surface area contributed by atoms with E-state index in [2.05, 4.69) is 32.9 Å². The summed E-state index contributed by atoms with van der Waals surface area (Å²) in [4.78, 5) is 0. The fourth-order valence-electron chi connectivity index (χ4n) is 2.25. The van der Waals surface area contributed by atoms with Crippen molar-refractivity contribution in [3.63, 3.8) is 0 Å². The first-order valence-electron chi connectivity index (χ1n) is 8.28. The smallest absolute Gasteiger partial charge is 0.161 e. The molecule has 0 saturated carbocycles. The molecule has 3 heteroatoms. The Morgan fingerprint density at radius 3 is 2.24 bits per heavy atom. The van der Waals surface area contributed by atoms with E-state index >= 15 is 0 Å². The zero-order valence-electron chi connectivity index (χ0n) is 14.0. The molecule has 0 bridgehead atoms. The van der Waals surface area contributed by atoms with Crippen molar-refractivity contribution < 1.29 is 9.47 Å². The van der Waals surface area contributed by atoms with Gasteiger partial charge in [-0.25, -0.2) is 0 Å². The Hall–Kier alpha value is -1.22. The van der Waals surface area contributed by atoms with Crippen LogP contribution in [0.1, 0.15) is 52.5 Å². The molecular weight excluding hydrogens is 262 g/mol. The van der Waals surface area contributed by atoms with Crippen molar-refractivity contribution in [2.24, 2.45) is 11.7 Å². The number of benzene rings is 1. The zero-order chi connectivity index (χ0) is 15.7. The van der Waals surface area contributed by atoms with Crippen molar-refractivity contribution >= 4 is 0 Å². The Kier molecular flexibility index (Phi) is 8.21. The summed E-state index contributed by atoms with van der Waals surface area (Å²) in [6.45, 7) is 9.91. The minimum Gasteiger partial charge on any atom is -0.490 e. The molecule has 0 spiro atoms. The molecule has 0 saturated heterocycles. The van der Waals surface area contributed by atoms with Gasteiger partial charge in [-0.1, -0.05) is 39.7 Å². The maximum Gasteiger partial charge on any atom is 0.161 e. The summed E-state index contributed by atoms with van der Waals surface area (Å²) in [5.41, 5.74) is 7.24. The Bertz CT molecular complexity index is 402. The first-order valence-corrected chi connectivity index (χ1v) is 8.28. The minimum absolute atomic E-state index is 0.204. The quantitative estimate of drug-likeness (QED) is 0.704. The van der Waals surface area contributed by atoms with Gasteiger partial charge in [0.2, 0.25) is 0 Å². The average molecular weight is 293 g/mol. The summed E-state index contributed by atoms with van der Waals surface area (Å²) in [7, 11) is 0. The van der Waals surface area contributed by atoms with Crippen LogP contribution in [0.15, 0.2) is 18.2 Å². The normalized spacial score (nSPS) is 12.5. The van der Waals surface area contributed by atoms with Gasteiger partial charge >= 0.3 is 0 Å². The third-order valence-corrected chi connectivity index (χ3v) is 3.96. The summed E-state index contributed by atoms with van der Waals surface area (Å²) in [5, 5.41) is 0. The summed E-state index contributed by atoms with van der Waals surface area (Å²) >= 11 is 0. The molecule has 1 rings (SSSR count). The van der Waals surface area contributed by atoms with Gasteiger partial charge in [0.25, 0.3) is 0 Å². The van der Waals surface area contributed by atoms with Crippen LogP contribution in [-0.2, 0) is 6.42 Å². The number of hydrogen-bond donors (Lipinski definition) is 1. The average Bonchev–Trinajstić information content (AvgIpc) is 2.50. The standard InChI is InChI=1S/C18H31NO2/c1-5-14(6-2)13-21-17-10-9-15(11-16(19)7-3)12-18(17)20-8-4/h9-10,12,14,16H,5-8,11,13,19H2,1-4H3. The predicted octanol–water partition coefficient (Wildman–Crippen LogP) is 4.18. The molecule has 1 aromatic carbocycles. The van der Waals surface area contributed by atoms with E-state index in [0.29, 0.717) is 12.5 Å². The van der Waals surface area contributed by atoms with E-state index in [1.165, 1.54) is 5.56 Å². The third-order valence-electron chi connectivity index (χ3n) is 3.96. The maximum absolute atomic E-state index is 6.03. The van der Waals surface area contributed by atoms with Crippen molar-refractivity contribution in [3.05, 3.63) is 23.8 Å². The number of ether oxygens (including phenoxy) is 2. The van der Waals surface area contributed by atoms with Crippen molar-refractivity contribution in [3.8, 4) is 11.5 Å². The number of nitrogens with two attached hydrogens (primary N) is 1. The Balaban J connectivity index is 2.78. The molecule has 0 fully saturated rings. The fourth-order valence-corrected chi connectivity index (χ4v) is 2.25. The molecule has 0 aromatic heterocycles. The van der Waals surface area contributed by atoms with Crippen LogP contribution in [0.2, 0.25) is 0 Å². The van der Waals surface area contributed by atoms with Gasteiger partial charge in [0.05, 0.1) is 13.2 Å². The summed E-state index contributed by atoms with van der Waals surface area (Å²) < 4.78 is 11.7. The van der Waals surface area contributed by atoms with Crippen LogP contribution in [-0.4, -0.2) is 19.3 Å². The van der Waals surface area contributed by atoms with Gasteiger partial charge in [0, 0.05) is 6.04 Å². The van der Waals surface area contributed by atoms with Crippen LogP contribution in [0.25, 0.3) is 0 Å². The van der Waals surface area contributed by atoms with E-state index < -0.39 is 0 Å². The molecule has 2 N–H and O–H groups in total. The topological polar surface area (TPSA) is 44.5 Å². The third kappa shape index (κ3) is 5.96. The molecule has 0 aliphatic rings. The van der Waals surface area contributed by atoms with Gasteiger partial charge in [-0.15, -0.1) is 0 Å². The Morgan fingerprint density at radius 1 is 0.952 bits per heavy atom. The van der Waals surface area contributed by atoms with E-state index in [1.54, 1.807) is 0 Å². The second-order valence-corrected chi connectivity index (χ2v) is 5.58. The van der Waals surface area contributed by atoms with E-state index in [9.17, 15) is 0 Å². The van der Waals surface area contributed by atoms with Crippen LogP contribution in [0.3, 0.4) is 0 Å². The monoisotopic (exact) mass is 293 g/mol. The first-order chi connectivity index (χ1) is 10.1. The Labute approximate surface area is 129 Å². The second kappa shape index (κ2) is 9.67. The highest BCUT2D eigenvalue weighted by Crippen LogP contribution is 2.30. The van der Waals surface area contributed by atoms with E-state index in [4.69, 9.17) is 15.2 Å². The molecule has 1 unspecified atom stereocenters. The molecule has 1 atom stereocenters. The van der Waals surface area contributed by atoms with E-state index in [-0.39, 0.29) is 6.04 Å². The molecule has 0 heterocycles. The predicted molar refractivity (Wildman–Crippen MR) is 89.1 cm³/mol. The first kappa shape index (κ1) is 17.8. The lowest BCUT2D eigenvalue weighted by Crippen LogP contribution is -2.21. The maximum atomic E-state index is 6.03. The molecule has 1 aromatic rings. The SMILES string of the molecule is CCOc1cc(CC(N)CC)ccc1OCC(CC)CC. The molecule has 120 valence electrons. The highest BCUT2D eigenvalue weighted by atomic mass is 16.5. The molecule has 0 radical (unpaired) electrons. The highest BCUT2D eigenvalue weighted by Gasteiger charge is 2.11.